The number of carboxylic acid groups (broad SMARTS) is 1. The van der Waals surface area contributed by atoms with Gasteiger partial charge in [0.15, 0.2) is 0 Å². The molecule has 2 rings (SSSR count). The maximum Gasteiger partial charge on any atom is 0.303 e. The third kappa shape index (κ3) is 2.85. The number of carbonyl (C=O) groups is 1. The predicted molar refractivity (Wildman–Crippen MR) is 73.1 cm³/mol. The largest absolute Gasteiger partial charge is 0.481 e. The summed E-state index contributed by atoms with van der Waals surface area (Å²) >= 11 is 6.08. The minimum absolute atomic E-state index is 0.0991. The highest BCUT2D eigenvalue weighted by molar-refractivity contribution is 6.35. The zero-order valence-corrected chi connectivity index (χ0v) is 11.1. The monoisotopic (exact) mass is 279 g/mol. The molecule has 5 heteroatoms. The van der Waals surface area contributed by atoms with Crippen molar-refractivity contribution in [3.05, 3.63) is 41.0 Å². The van der Waals surface area contributed by atoms with Crippen molar-refractivity contribution in [3.8, 4) is 0 Å². The number of benzene rings is 1. The number of aromatic nitrogens is 1. The van der Waals surface area contributed by atoms with Crippen molar-refractivity contribution in [3.63, 3.8) is 0 Å². The third-order valence-electron chi connectivity index (χ3n) is 3.10. The van der Waals surface area contributed by atoms with Gasteiger partial charge in [-0.25, -0.2) is 0 Å². The van der Waals surface area contributed by atoms with Gasteiger partial charge >= 0.3 is 5.97 Å². The van der Waals surface area contributed by atoms with Gasteiger partial charge in [0.1, 0.15) is 0 Å². The number of hydrogen-bond acceptors (Lipinski definition) is 3. The van der Waals surface area contributed by atoms with Crippen molar-refractivity contribution in [1.29, 1.82) is 0 Å². The Balaban J connectivity index is 2.45. The number of rotatable bonds is 4. The van der Waals surface area contributed by atoms with Gasteiger partial charge in [0.2, 0.25) is 0 Å². The molecule has 0 aliphatic carbocycles. The highest BCUT2D eigenvalue weighted by atomic mass is 35.5. The molecule has 0 saturated heterocycles. The molecule has 0 spiro atoms. The molecule has 4 nitrogen and oxygen atoms in total. The van der Waals surface area contributed by atoms with Gasteiger partial charge in [-0.05, 0) is 24.1 Å². The quantitative estimate of drug-likeness (QED) is 0.902. The van der Waals surface area contributed by atoms with Gasteiger partial charge in [0, 0.05) is 22.2 Å². The van der Waals surface area contributed by atoms with Crippen LogP contribution in [-0.2, 0) is 4.79 Å². The van der Waals surface area contributed by atoms with Crippen LogP contribution in [0.1, 0.15) is 25.0 Å². The van der Waals surface area contributed by atoms with Crippen molar-refractivity contribution in [2.24, 2.45) is 5.92 Å². The average molecular weight is 280 g/mol. The fourth-order valence-corrected chi connectivity index (χ4v) is 2.31. The van der Waals surface area contributed by atoms with Crippen LogP contribution in [0.15, 0.2) is 30.5 Å². The van der Waals surface area contributed by atoms with E-state index in [2.05, 4.69) is 4.98 Å². The van der Waals surface area contributed by atoms with Crippen molar-refractivity contribution < 1.29 is 15.0 Å². The van der Waals surface area contributed by atoms with Gasteiger partial charge < -0.3 is 10.2 Å². The van der Waals surface area contributed by atoms with E-state index in [1.165, 1.54) is 0 Å². The first-order valence-corrected chi connectivity index (χ1v) is 6.31. The number of pyridine rings is 1. The average Bonchev–Trinajstić information content (AvgIpc) is 2.38. The summed E-state index contributed by atoms with van der Waals surface area (Å²) in [7, 11) is 0. The van der Waals surface area contributed by atoms with Crippen molar-refractivity contribution in [1.82, 2.24) is 4.98 Å². The highest BCUT2D eigenvalue weighted by Gasteiger charge is 2.22. The second kappa shape index (κ2) is 5.55. The number of fused-ring (bicyclic) bond motifs is 1. The molecule has 0 bridgehead atoms. The molecule has 2 atom stereocenters. The van der Waals surface area contributed by atoms with Gasteiger partial charge in [-0.3, -0.25) is 9.78 Å². The summed E-state index contributed by atoms with van der Waals surface area (Å²) in [6.45, 7) is 1.70. The lowest BCUT2D eigenvalue weighted by Crippen LogP contribution is -2.14. The number of aliphatic hydroxyl groups is 1. The minimum atomic E-state index is -0.933. The van der Waals surface area contributed by atoms with E-state index in [-0.39, 0.29) is 6.42 Å². The number of aliphatic carboxylic acids is 1. The standard InChI is InChI=1S/C14H14ClNO3/c1-8(7-12(17)18)14(19)10-4-5-11(15)9-3-2-6-16-13(9)10/h2-6,8,14,19H,7H2,1H3,(H,17,18). The van der Waals surface area contributed by atoms with Gasteiger partial charge in [-0.1, -0.05) is 24.6 Å². The van der Waals surface area contributed by atoms with Crippen LogP contribution in [0.25, 0.3) is 10.9 Å². The highest BCUT2D eigenvalue weighted by Crippen LogP contribution is 2.32. The van der Waals surface area contributed by atoms with E-state index in [9.17, 15) is 9.90 Å². The lowest BCUT2D eigenvalue weighted by atomic mass is 9.93. The van der Waals surface area contributed by atoms with Crippen LogP contribution in [0, 0.1) is 5.92 Å². The molecule has 100 valence electrons. The summed E-state index contributed by atoms with van der Waals surface area (Å²) in [5, 5.41) is 20.4. The van der Waals surface area contributed by atoms with Gasteiger partial charge in [-0.2, -0.15) is 0 Å². The van der Waals surface area contributed by atoms with Gasteiger partial charge in [0.25, 0.3) is 0 Å². The molecular formula is C14H14ClNO3. The SMILES string of the molecule is CC(CC(=O)O)C(O)c1ccc(Cl)c2cccnc12. The Morgan fingerprint density at radius 2 is 2.16 bits per heavy atom. The lowest BCUT2D eigenvalue weighted by Gasteiger charge is -2.19. The van der Waals surface area contributed by atoms with E-state index in [1.807, 2.05) is 6.07 Å². The smallest absolute Gasteiger partial charge is 0.303 e. The van der Waals surface area contributed by atoms with Crippen LogP contribution >= 0.6 is 11.6 Å². The van der Waals surface area contributed by atoms with Crippen molar-refractivity contribution in [2.45, 2.75) is 19.4 Å². The topological polar surface area (TPSA) is 70.4 Å². The maximum atomic E-state index is 10.7. The summed E-state index contributed by atoms with van der Waals surface area (Å²) in [5.41, 5.74) is 1.22. The summed E-state index contributed by atoms with van der Waals surface area (Å²) in [4.78, 5) is 14.9. The molecule has 0 radical (unpaired) electrons. The van der Waals surface area contributed by atoms with Crippen molar-refractivity contribution in [2.75, 3.05) is 0 Å². The molecule has 0 saturated carbocycles. The second-order valence-corrected chi connectivity index (χ2v) is 4.96. The van der Waals surface area contributed by atoms with Crippen LogP contribution < -0.4 is 0 Å². The molecule has 19 heavy (non-hydrogen) atoms. The molecule has 0 aliphatic heterocycles. The predicted octanol–water partition coefficient (Wildman–Crippen LogP) is 3.03. The molecule has 2 aromatic rings. The van der Waals surface area contributed by atoms with Crippen LogP contribution in [0.5, 0.6) is 0 Å². The number of hydrogen-bond donors (Lipinski definition) is 2. The fraction of sp³-hybridized carbons (Fsp3) is 0.286. The number of halogens is 1. The molecule has 2 N–H and O–H groups in total. The zero-order valence-electron chi connectivity index (χ0n) is 10.4. The third-order valence-corrected chi connectivity index (χ3v) is 3.43. The van der Waals surface area contributed by atoms with E-state index in [4.69, 9.17) is 16.7 Å². The molecule has 1 aromatic heterocycles. The Labute approximate surface area is 115 Å². The molecular weight excluding hydrogens is 266 g/mol. The fourth-order valence-electron chi connectivity index (χ4n) is 2.09. The van der Waals surface area contributed by atoms with Gasteiger partial charge in [0.05, 0.1) is 18.0 Å². The van der Waals surface area contributed by atoms with Crippen LogP contribution in [-0.4, -0.2) is 21.2 Å². The van der Waals surface area contributed by atoms with Gasteiger partial charge in [-0.15, -0.1) is 0 Å². The molecule has 0 fully saturated rings. The van der Waals surface area contributed by atoms with Crippen LogP contribution in [0.3, 0.4) is 0 Å². The first-order chi connectivity index (χ1) is 9.00. The summed E-state index contributed by atoms with van der Waals surface area (Å²) in [6.07, 6.45) is 0.639. The lowest BCUT2D eigenvalue weighted by molar-refractivity contribution is -0.138. The second-order valence-electron chi connectivity index (χ2n) is 4.56. The van der Waals surface area contributed by atoms with E-state index < -0.39 is 18.0 Å². The Morgan fingerprint density at radius 3 is 2.84 bits per heavy atom. The molecule has 0 amide bonds. The Kier molecular flexibility index (Phi) is 4.02. The van der Waals surface area contributed by atoms with E-state index in [1.54, 1.807) is 31.3 Å². The van der Waals surface area contributed by atoms with Crippen LogP contribution in [0.2, 0.25) is 5.02 Å². The van der Waals surface area contributed by atoms with E-state index in [0.717, 1.165) is 5.39 Å². The first kappa shape index (κ1) is 13.8. The first-order valence-electron chi connectivity index (χ1n) is 5.93. The normalized spacial score (nSPS) is 14.3. The Bertz CT molecular complexity index is 615. The molecule has 1 heterocycles. The number of carboxylic acids is 1. The van der Waals surface area contributed by atoms with E-state index >= 15 is 0 Å². The molecule has 0 aliphatic rings. The number of aliphatic hydroxyl groups excluding tert-OH is 1. The molecule has 1 aromatic carbocycles. The minimum Gasteiger partial charge on any atom is -0.481 e. The summed E-state index contributed by atoms with van der Waals surface area (Å²) < 4.78 is 0. The Morgan fingerprint density at radius 1 is 1.42 bits per heavy atom. The summed E-state index contributed by atoms with van der Waals surface area (Å²) in [5.74, 6) is -1.33. The molecule has 2 unspecified atom stereocenters. The Hall–Kier alpha value is -1.65. The van der Waals surface area contributed by atoms with E-state index in [0.29, 0.717) is 16.1 Å². The van der Waals surface area contributed by atoms with Crippen LogP contribution in [0.4, 0.5) is 0 Å². The number of nitrogens with zero attached hydrogens (tertiary/aromatic N) is 1. The zero-order chi connectivity index (χ0) is 14.0. The van der Waals surface area contributed by atoms with Crippen molar-refractivity contribution >= 4 is 28.5 Å². The summed E-state index contributed by atoms with van der Waals surface area (Å²) in [6, 6.07) is 6.98. The maximum absolute atomic E-state index is 10.7.